The number of aryl methyl sites for hydroxylation is 1. The van der Waals surface area contributed by atoms with Gasteiger partial charge in [0.2, 0.25) is 0 Å². The fourth-order valence-electron chi connectivity index (χ4n) is 3.43. The molecular weight excluding hydrogens is 318 g/mol. The first-order valence-corrected chi connectivity index (χ1v) is 11.0. The fourth-order valence-corrected chi connectivity index (χ4v) is 3.43. The molecule has 0 atom stereocenters. The van der Waals surface area contributed by atoms with Crippen LogP contribution < -0.4 is 4.74 Å². The van der Waals surface area contributed by atoms with Crippen molar-refractivity contribution in [2.45, 2.75) is 86.0 Å². The lowest BCUT2D eigenvalue weighted by Crippen LogP contribution is -2.50. The molecule has 0 heterocycles. The Kier molecular flexibility index (Phi) is 15.5. The number of ether oxygens (including phenoxy) is 1. The van der Waals surface area contributed by atoms with Crippen LogP contribution in [0.4, 0.5) is 0 Å². The monoisotopic (exact) mass is 364 g/mol. The predicted octanol–water partition coefficient (Wildman–Crippen LogP) is 7.01. The van der Waals surface area contributed by atoms with Crippen molar-refractivity contribution in [1.82, 2.24) is 0 Å². The highest BCUT2D eigenvalue weighted by molar-refractivity contribution is 5.31. The summed E-state index contributed by atoms with van der Waals surface area (Å²) in [6.07, 6.45) is 11.1. The number of rotatable bonds is 13. The van der Waals surface area contributed by atoms with Crippen molar-refractivity contribution in [2.24, 2.45) is 0 Å². The molecule has 0 aliphatic heterocycles. The quantitative estimate of drug-likeness (QED) is 0.342. The Morgan fingerprint density at radius 2 is 1.08 bits per heavy atom. The maximum absolute atomic E-state index is 5.04. The van der Waals surface area contributed by atoms with Crippen LogP contribution in [0.2, 0.25) is 0 Å². The molecule has 0 radical (unpaired) electrons. The van der Waals surface area contributed by atoms with Gasteiger partial charge in [-0.2, -0.15) is 0 Å². The van der Waals surface area contributed by atoms with Crippen LogP contribution in [0, 0.1) is 6.92 Å². The number of unbranched alkanes of at least 4 members (excludes halogenated alkanes) is 4. The van der Waals surface area contributed by atoms with E-state index < -0.39 is 0 Å². The van der Waals surface area contributed by atoms with Gasteiger partial charge in [-0.1, -0.05) is 71.6 Å². The molecule has 1 rings (SSSR count). The molecule has 0 bridgehead atoms. The highest BCUT2D eigenvalue weighted by Gasteiger charge is 2.24. The molecule has 26 heavy (non-hydrogen) atoms. The zero-order valence-electron chi connectivity index (χ0n) is 18.7. The van der Waals surface area contributed by atoms with Gasteiger partial charge in [0.25, 0.3) is 0 Å². The first kappa shape index (κ1) is 25.0. The predicted molar refractivity (Wildman–Crippen MR) is 117 cm³/mol. The van der Waals surface area contributed by atoms with Crippen molar-refractivity contribution in [3.05, 3.63) is 29.8 Å². The highest BCUT2D eigenvalue weighted by atomic mass is 16.5. The second-order valence-electron chi connectivity index (χ2n) is 7.62. The Morgan fingerprint density at radius 3 is 1.35 bits per heavy atom. The van der Waals surface area contributed by atoms with Gasteiger partial charge < -0.3 is 9.22 Å². The summed E-state index contributed by atoms with van der Waals surface area (Å²) in [5.41, 5.74) is 1.18. The minimum atomic E-state index is 0.956. The van der Waals surface area contributed by atoms with Gasteiger partial charge in [0.1, 0.15) is 5.75 Å². The smallest absolute Gasteiger partial charge is 0.121 e. The molecule has 0 amide bonds. The highest BCUT2D eigenvalue weighted by Crippen LogP contribution is 2.16. The Hall–Kier alpha value is -1.02. The summed E-state index contributed by atoms with van der Waals surface area (Å²) in [5, 5.41) is 0. The molecule has 0 fully saturated rings. The SMILES string of the molecule is CCCC[N+](CCCC)(CCCC)CCCC.COc1ccccc1C. The number of benzene rings is 1. The van der Waals surface area contributed by atoms with Crippen LogP contribution in [0.15, 0.2) is 24.3 Å². The van der Waals surface area contributed by atoms with E-state index in [9.17, 15) is 0 Å². The number of hydrogen-bond acceptors (Lipinski definition) is 1. The van der Waals surface area contributed by atoms with Gasteiger partial charge in [0.15, 0.2) is 0 Å². The summed E-state index contributed by atoms with van der Waals surface area (Å²) >= 11 is 0. The van der Waals surface area contributed by atoms with E-state index in [0.717, 1.165) is 5.75 Å². The second-order valence-corrected chi connectivity index (χ2v) is 7.62. The third-order valence-electron chi connectivity index (χ3n) is 5.26. The first-order valence-electron chi connectivity index (χ1n) is 11.0. The third-order valence-corrected chi connectivity index (χ3v) is 5.26. The summed E-state index contributed by atoms with van der Waals surface area (Å²) in [4.78, 5) is 0. The van der Waals surface area contributed by atoms with E-state index in [1.165, 1.54) is 87.6 Å². The molecule has 0 saturated heterocycles. The number of para-hydroxylation sites is 1. The molecule has 0 N–H and O–H groups in total. The lowest BCUT2D eigenvalue weighted by Gasteiger charge is -2.39. The number of hydrogen-bond donors (Lipinski definition) is 0. The van der Waals surface area contributed by atoms with Crippen molar-refractivity contribution in [3.63, 3.8) is 0 Å². The Morgan fingerprint density at radius 1 is 0.692 bits per heavy atom. The number of methoxy groups -OCH3 is 1. The Balaban J connectivity index is 0.000000577. The lowest BCUT2D eigenvalue weighted by molar-refractivity contribution is -0.929. The molecule has 0 aromatic heterocycles. The van der Waals surface area contributed by atoms with Gasteiger partial charge >= 0.3 is 0 Å². The summed E-state index contributed by atoms with van der Waals surface area (Å²) in [6.45, 7) is 17.0. The minimum absolute atomic E-state index is 0.956. The zero-order valence-corrected chi connectivity index (χ0v) is 18.7. The maximum Gasteiger partial charge on any atom is 0.121 e. The van der Waals surface area contributed by atoms with Gasteiger partial charge in [-0.05, 0) is 44.2 Å². The van der Waals surface area contributed by atoms with Gasteiger partial charge in [-0.3, -0.25) is 0 Å². The molecule has 0 aliphatic carbocycles. The van der Waals surface area contributed by atoms with Gasteiger partial charge in [0, 0.05) is 0 Å². The maximum atomic E-state index is 5.04. The molecule has 1 aromatic carbocycles. The fraction of sp³-hybridized carbons (Fsp3) is 0.750. The van der Waals surface area contributed by atoms with Crippen molar-refractivity contribution in [2.75, 3.05) is 33.3 Å². The standard InChI is InChI=1S/C16H36N.C8H10O/c1-5-9-13-17(14-10-6-2,15-11-7-3)16-12-8-4;1-7-5-3-4-6-8(7)9-2/h5-16H2,1-4H3;3-6H,1-2H3/q+1;. The van der Waals surface area contributed by atoms with E-state index in [1.807, 2.05) is 31.2 Å². The van der Waals surface area contributed by atoms with Gasteiger partial charge in [-0.25, -0.2) is 0 Å². The topological polar surface area (TPSA) is 9.23 Å². The third kappa shape index (κ3) is 10.9. The summed E-state index contributed by atoms with van der Waals surface area (Å²) in [7, 11) is 1.68. The largest absolute Gasteiger partial charge is 0.496 e. The normalized spacial score (nSPS) is 11.0. The summed E-state index contributed by atoms with van der Waals surface area (Å²) < 4.78 is 6.46. The minimum Gasteiger partial charge on any atom is -0.496 e. The summed E-state index contributed by atoms with van der Waals surface area (Å²) in [6, 6.07) is 7.94. The van der Waals surface area contributed by atoms with E-state index in [4.69, 9.17) is 4.74 Å². The second kappa shape index (κ2) is 16.2. The number of nitrogens with zero attached hydrogens (tertiary/aromatic N) is 1. The molecular formula is C24H46NO+. The molecule has 0 spiro atoms. The van der Waals surface area contributed by atoms with Crippen molar-refractivity contribution >= 4 is 0 Å². The average Bonchev–Trinajstić information content (AvgIpc) is 2.68. The Bertz CT molecular complexity index is 392. The van der Waals surface area contributed by atoms with E-state index in [-0.39, 0.29) is 0 Å². The van der Waals surface area contributed by atoms with Crippen LogP contribution in [0.1, 0.15) is 84.6 Å². The molecule has 0 unspecified atom stereocenters. The van der Waals surface area contributed by atoms with Crippen LogP contribution in [-0.4, -0.2) is 37.8 Å². The van der Waals surface area contributed by atoms with E-state index in [0.29, 0.717) is 0 Å². The van der Waals surface area contributed by atoms with Crippen LogP contribution in [-0.2, 0) is 0 Å². The molecule has 0 saturated carbocycles. The van der Waals surface area contributed by atoms with E-state index in [1.54, 1.807) is 7.11 Å². The van der Waals surface area contributed by atoms with Gasteiger partial charge in [-0.15, -0.1) is 0 Å². The van der Waals surface area contributed by atoms with Crippen molar-refractivity contribution in [1.29, 1.82) is 0 Å². The molecule has 2 heteroatoms. The van der Waals surface area contributed by atoms with Crippen molar-refractivity contribution in [3.8, 4) is 5.75 Å². The lowest BCUT2D eigenvalue weighted by atomic mass is 10.1. The zero-order chi connectivity index (χ0) is 19.7. The molecule has 1 aromatic rings. The number of quaternary nitrogens is 1. The first-order chi connectivity index (χ1) is 12.6. The van der Waals surface area contributed by atoms with Crippen LogP contribution in [0.5, 0.6) is 5.75 Å². The van der Waals surface area contributed by atoms with Gasteiger partial charge in [0.05, 0.1) is 33.3 Å². The van der Waals surface area contributed by atoms with Crippen molar-refractivity contribution < 1.29 is 9.22 Å². The molecule has 2 nitrogen and oxygen atoms in total. The van der Waals surface area contributed by atoms with Crippen LogP contribution in [0.25, 0.3) is 0 Å². The van der Waals surface area contributed by atoms with Crippen LogP contribution in [0.3, 0.4) is 0 Å². The van der Waals surface area contributed by atoms with Crippen LogP contribution >= 0.6 is 0 Å². The molecule has 152 valence electrons. The Labute approximate surface area is 164 Å². The average molecular weight is 365 g/mol. The summed E-state index contributed by atoms with van der Waals surface area (Å²) in [5.74, 6) is 0.956. The van der Waals surface area contributed by atoms with E-state index in [2.05, 4.69) is 27.7 Å². The molecule has 0 aliphatic rings. The van der Waals surface area contributed by atoms with E-state index >= 15 is 0 Å².